The van der Waals surface area contributed by atoms with Crippen LogP contribution in [0.1, 0.15) is 23.2 Å². The summed E-state index contributed by atoms with van der Waals surface area (Å²) >= 11 is 7.98. The van der Waals surface area contributed by atoms with Gasteiger partial charge in [-0.05, 0) is 47.0 Å². The van der Waals surface area contributed by atoms with Gasteiger partial charge in [0.25, 0.3) is 5.91 Å². The first-order valence-electron chi connectivity index (χ1n) is 6.72. The fraction of sp³-hybridized carbons (Fsp3) is 0.429. The van der Waals surface area contributed by atoms with Crippen molar-refractivity contribution in [1.29, 1.82) is 0 Å². The monoisotopic (exact) mass is 373 g/mol. The largest absolute Gasteiger partial charge is 0.392 e. The summed E-state index contributed by atoms with van der Waals surface area (Å²) in [7, 11) is 0. The van der Waals surface area contributed by atoms with E-state index in [0.29, 0.717) is 21.6 Å². The molecule has 114 valence electrons. The molecule has 0 atom stereocenters. The molecule has 1 fully saturated rings. The van der Waals surface area contributed by atoms with Crippen molar-refractivity contribution < 1.29 is 9.18 Å². The van der Waals surface area contributed by atoms with Crippen LogP contribution in [0.4, 0.5) is 4.39 Å². The van der Waals surface area contributed by atoms with Crippen LogP contribution < -0.4 is 11.1 Å². The van der Waals surface area contributed by atoms with Gasteiger partial charge in [0, 0.05) is 31.2 Å². The third kappa shape index (κ3) is 4.72. The van der Waals surface area contributed by atoms with E-state index in [0.717, 1.165) is 25.9 Å². The van der Waals surface area contributed by atoms with Crippen LogP contribution in [-0.2, 0) is 0 Å². The molecule has 21 heavy (non-hydrogen) atoms. The molecule has 0 radical (unpaired) electrons. The minimum Gasteiger partial charge on any atom is -0.392 e. The van der Waals surface area contributed by atoms with Gasteiger partial charge in [-0.25, -0.2) is 4.39 Å². The lowest BCUT2D eigenvalue weighted by Crippen LogP contribution is -2.46. The van der Waals surface area contributed by atoms with E-state index in [1.54, 1.807) is 0 Å². The van der Waals surface area contributed by atoms with Crippen LogP contribution in [0.5, 0.6) is 0 Å². The van der Waals surface area contributed by atoms with Crippen molar-refractivity contribution in [3.63, 3.8) is 0 Å². The van der Waals surface area contributed by atoms with E-state index in [4.69, 9.17) is 18.0 Å². The number of hydrogen-bond acceptors (Lipinski definition) is 3. The quantitative estimate of drug-likeness (QED) is 0.793. The summed E-state index contributed by atoms with van der Waals surface area (Å²) in [5.74, 6) is -0.555. The number of nitrogens with zero attached hydrogens (tertiary/aromatic N) is 1. The van der Waals surface area contributed by atoms with E-state index in [1.807, 2.05) is 0 Å². The van der Waals surface area contributed by atoms with Crippen molar-refractivity contribution >= 4 is 39.0 Å². The van der Waals surface area contributed by atoms with Gasteiger partial charge in [-0.15, -0.1) is 0 Å². The van der Waals surface area contributed by atoms with Gasteiger partial charge in [-0.3, -0.25) is 9.69 Å². The summed E-state index contributed by atoms with van der Waals surface area (Å²) < 4.78 is 13.5. The van der Waals surface area contributed by atoms with Crippen LogP contribution in [0, 0.1) is 5.82 Å². The lowest BCUT2D eigenvalue weighted by Gasteiger charge is -2.31. The van der Waals surface area contributed by atoms with Gasteiger partial charge in [0.1, 0.15) is 5.82 Å². The van der Waals surface area contributed by atoms with Crippen molar-refractivity contribution in [1.82, 2.24) is 10.2 Å². The predicted octanol–water partition coefficient (Wildman–Crippen LogP) is 2.07. The Morgan fingerprint density at radius 2 is 2.14 bits per heavy atom. The van der Waals surface area contributed by atoms with Gasteiger partial charge >= 0.3 is 0 Å². The molecule has 0 saturated carbocycles. The Labute approximate surface area is 137 Å². The molecule has 0 aromatic heterocycles. The minimum atomic E-state index is -0.377. The molecule has 1 heterocycles. The number of nitrogens with one attached hydrogen (secondary N) is 1. The number of hydrogen-bond donors (Lipinski definition) is 2. The van der Waals surface area contributed by atoms with Gasteiger partial charge in [0.15, 0.2) is 0 Å². The minimum absolute atomic E-state index is 0.129. The second-order valence-corrected chi connectivity index (χ2v) is 6.50. The zero-order chi connectivity index (χ0) is 15.4. The molecule has 7 heteroatoms. The SMILES string of the molecule is NC(=S)CN1CCC(NC(=O)c2ccc(F)c(Br)c2)CC1. The molecule has 0 aliphatic carbocycles. The molecule has 0 bridgehead atoms. The van der Waals surface area contributed by atoms with Gasteiger partial charge < -0.3 is 11.1 Å². The molecule has 1 aliphatic rings. The average Bonchev–Trinajstić information content (AvgIpc) is 2.43. The molecule has 1 aromatic rings. The van der Waals surface area contributed by atoms with Crippen LogP contribution in [0.2, 0.25) is 0 Å². The predicted molar refractivity (Wildman–Crippen MR) is 87.8 cm³/mol. The highest BCUT2D eigenvalue weighted by Crippen LogP contribution is 2.17. The summed E-state index contributed by atoms with van der Waals surface area (Å²) in [6.45, 7) is 2.34. The Kier molecular flexibility index (Phi) is 5.66. The van der Waals surface area contributed by atoms with Crippen LogP contribution in [-0.4, -0.2) is 41.5 Å². The third-order valence-corrected chi connectivity index (χ3v) is 4.22. The topological polar surface area (TPSA) is 58.4 Å². The van der Waals surface area contributed by atoms with E-state index >= 15 is 0 Å². The molecule has 1 aromatic carbocycles. The van der Waals surface area contributed by atoms with Gasteiger partial charge in [-0.2, -0.15) is 0 Å². The molecule has 3 N–H and O–H groups in total. The van der Waals surface area contributed by atoms with Crippen LogP contribution in [0.15, 0.2) is 22.7 Å². The summed E-state index contributed by atoms with van der Waals surface area (Å²) in [5, 5.41) is 2.98. The molecule has 0 spiro atoms. The number of carbonyl (C=O) groups excluding carboxylic acids is 1. The van der Waals surface area contributed by atoms with E-state index < -0.39 is 0 Å². The molecule has 0 unspecified atom stereocenters. The van der Waals surface area contributed by atoms with Crippen LogP contribution >= 0.6 is 28.1 Å². The molecule has 2 rings (SSSR count). The fourth-order valence-corrected chi connectivity index (χ4v) is 2.92. The van der Waals surface area contributed by atoms with Crippen molar-refractivity contribution in [2.75, 3.05) is 19.6 Å². The maximum absolute atomic E-state index is 13.2. The van der Waals surface area contributed by atoms with E-state index in [1.165, 1.54) is 18.2 Å². The number of amides is 1. The Morgan fingerprint density at radius 1 is 1.48 bits per heavy atom. The van der Waals surface area contributed by atoms with Crippen LogP contribution in [0.3, 0.4) is 0 Å². The normalized spacial score (nSPS) is 16.7. The lowest BCUT2D eigenvalue weighted by atomic mass is 10.0. The molecule has 1 aliphatic heterocycles. The van der Waals surface area contributed by atoms with Crippen molar-refractivity contribution in [3.05, 3.63) is 34.1 Å². The summed E-state index contributed by atoms with van der Waals surface area (Å²) in [5.41, 5.74) is 5.98. The number of rotatable bonds is 4. The molecule has 1 saturated heterocycles. The molecular weight excluding hydrogens is 357 g/mol. The van der Waals surface area contributed by atoms with E-state index in [-0.39, 0.29) is 17.8 Å². The maximum Gasteiger partial charge on any atom is 0.251 e. The van der Waals surface area contributed by atoms with E-state index in [2.05, 4.69) is 26.1 Å². The molecule has 4 nitrogen and oxygen atoms in total. The fourth-order valence-electron chi connectivity index (χ4n) is 2.36. The number of benzene rings is 1. The van der Waals surface area contributed by atoms with Crippen molar-refractivity contribution in [2.45, 2.75) is 18.9 Å². The third-order valence-electron chi connectivity index (χ3n) is 3.48. The Bertz CT molecular complexity index is 547. The zero-order valence-electron chi connectivity index (χ0n) is 11.4. The summed E-state index contributed by atoms with van der Waals surface area (Å²) in [4.78, 5) is 14.8. The van der Waals surface area contributed by atoms with Gasteiger partial charge in [-0.1, -0.05) is 12.2 Å². The van der Waals surface area contributed by atoms with Gasteiger partial charge in [0.2, 0.25) is 0 Å². The Balaban J connectivity index is 1.86. The standard InChI is InChI=1S/C14H17BrFN3OS/c15-11-7-9(1-2-12(11)16)14(20)18-10-3-5-19(6-4-10)8-13(17)21/h1-2,7,10H,3-6,8H2,(H2,17,21)(H,18,20). The second kappa shape index (κ2) is 7.29. The van der Waals surface area contributed by atoms with Crippen molar-refractivity contribution in [2.24, 2.45) is 5.73 Å². The highest BCUT2D eigenvalue weighted by atomic mass is 79.9. The molecular formula is C14H17BrFN3OS. The van der Waals surface area contributed by atoms with Crippen molar-refractivity contribution in [3.8, 4) is 0 Å². The average molecular weight is 374 g/mol. The number of likely N-dealkylation sites (tertiary alicyclic amines) is 1. The molecule has 1 amide bonds. The second-order valence-electron chi connectivity index (χ2n) is 5.12. The number of halogens is 2. The maximum atomic E-state index is 13.2. The number of carbonyl (C=O) groups is 1. The smallest absolute Gasteiger partial charge is 0.251 e. The highest BCUT2D eigenvalue weighted by Gasteiger charge is 2.21. The Hall–Kier alpha value is -1.05. The first-order valence-corrected chi connectivity index (χ1v) is 7.92. The Morgan fingerprint density at radius 3 is 2.71 bits per heavy atom. The van der Waals surface area contributed by atoms with Crippen LogP contribution in [0.25, 0.3) is 0 Å². The first-order chi connectivity index (χ1) is 9.95. The highest BCUT2D eigenvalue weighted by molar-refractivity contribution is 9.10. The first kappa shape index (κ1) is 16.3. The summed E-state index contributed by atoms with van der Waals surface area (Å²) in [6, 6.07) is 4.39. The summed E-state index contributed by atoms with van der Waals surface area (Å²) in [6.07, 6.45) is 1.72. The van der Waals surface area contributed by atoms with E-state index in [9.17, 15) is 9.18 Å². The number of nitrogens with two attached hydrogens (primary N) is 1. The number of piperidine rings is 1. The lowest BCUT2D eigenvalue weighted by molar-refractivity contribution is 0.0915. The number of thiocarbonyl (C=S) groups is 1. The van der Waals surface area contributed by atoms with Gasteiger partial charge in [0.05, 0.1) is 9.46 Å². The zero-order valence-corrected chi connectivity index (χ0v) is 13.8.